The third-order valence-electron chi connectivity index (χ3n) is 0.955. The van der Waals surface area contributed by atoms with Gasteiger partial charge in [-0.15, -0.1) is 11.3 Å². The molecular weight excluding hydrogens is 136 g/mol. The standard InChI is InChI=1S/C6H8S2/c1-5(7)6-3-2-4-8-6/h2-5,7H,1H3. The van der Waals surface area contributed by atoms with E-state index in [0.717, 1.165) is 0 Å². The van der Waals surface area contributed by atoms with Gasteiger partial charge in [0.1, 0.15) is 0 Å². The van der Waals surface area contributed by atoms with Gasteiger partial charge in [-0.3, -0.25) is 0 Å². The van der Waals surface area contributed by atoms with Crippen molar-refractivity contribution in [2.75, 3.05) is 0 Å². The Balaban J connectivity index is 2.77. The molecule has 0 aliphatic rings. The first-order valence-corrected chi connectivity index (χ1v) is 3.92. The second kappa shape index (κ2) is 2.55. The predicted octanol–water partition coefficient (Wildman–Crippen LogP) is 2.74. The van der Waals surface area contributed by atoms with Gasteiger partial charge >= 0.3 is 0 Å². The molecule has 0 spiro atoms. The molecule has 1 rings (SSSR count). The maximum atomic E-state index is 4.26. The van der Waals surface area contributed by atoms with Gasteiger partial charge in [0.25, 0.3) is 0 Å². The Morgan fingerprint density at radius 1 is 1.75 bits per heavy atom. The topological polar surface area (TPSA) is 0 Å². The van der Waals surface area contributed by atoms with Crippen LogP contribution in [0, 0.1) is 0 Å². The number of hydrogen-bond donors (Lipinski definition) is 1. The van der Waals surface area contributed by atoms with E-state index in [1.54, 1.807) is 11.3 Å². The molecule has 1 unspecified atom stereocenters. The SMILES string of the molecule is CC(S)c1cccs1. The van der Waals surface area contributed by atoms with Gasteiger partial charge in [0.05, 0.1) is 0 Å². The van der Waals surface area contributed by atoms with Crippen LogP contribution in [0.25, 0.3) is 0 Å². The monoisotopic (exact) mass is 144 g/mol. The Morgan fingerprint density at radius 2 is 2.50 bits per heavy atom. The lowest BCUT2D eigenvalue weighted by Gasteiger charge is -1.94. The first-order chi connectivity index (χ1) is 3.80. The predicted molar refractivity (Wildman–Crippen MR) is 41.7 cm³/mol. The Hall–Kier alpha value is 0.0500. The van der Waals surface area contributed by atoms with E-state index in [-0.39, 0.29) is 0 Å². The van der Waals surface area contributed by atoms with E-state index in [2.05, 4.69) is 31.0 Å². The number of rotatable bonds is 1. The first kappa shape index (κ1) is 6.17. The van der Waals surface area contributed by atoms with Crippen LogP contribution in [0.5, 0.6) is 0 Å². The molecule has 1 aromatic heterocycles. The summed E-state index contributed by atoms with van der Waals surface area (Å²) in [5.41, 5.74) is 0. The third-order valence-corrected chi connectivity index (χ3v) is 2.46. The normalized spacial score (nSPS) is 13.8. The second-order valence-electron chi connectivity index (χ2n) is 1.69. The highest BCUT2D eigenvalue weighted by Gasteiger charge is 1.96. The molecule has 1 atom stereocenters. The van der Waals surface area contributed by atoms with E-state index < -0.39 is 0 Å². The van der Waals surface area contributed by atoms with Crippen LogP contribution in [0.1, 0.15) is 17.1 Å². The largest absolute Gasteiger partial charge is 0.171 e. The fourth-order valence-electron chi connectivity index (χ4n) is 0.529. The molecule has 0 fully saturated rings. The van der Waals surface area contributed by atoms with Gasteiger partial charge in [0.2, 0.25) is 0 Å². The Bertz CT molecular complexity index is 142. The minimum absolute atomic E-state index is 0.398. The molecule has 0 saturated heterocycles. The Kier molecular flexibility index (Phi) is 1.97. The molecule has 0 aliphatic carbocycles. The van der Waals surface area contributed by atoms with Crippen LogP contribution in [0.3, 0.4) is 0 Å². The summed E-state index contributed by atoms with van der Waals surface area (Å²) in [5.74, 6) is 0. The van der Waals surface area contributed by atoms with Gasteiger partial charge in [-0.2, -0.15) is 12.6 Å². The highest BCUT2D eigenvalue weighted by Crippen LogP contribution is 2.22. The van der Waals surface area contributed by atoms with Crippen molar-refractivity contribution in [2.45, 2.75) is 12.2 Å². The second-order valence-corrected chi connectivity index (χ2v) is 3.45. The van der Waals surface area contributed by atoms with Crippen molar-refractivity contribution in [2.24, 2.45) is 0 Å². The lowest BCUT2D eigenvalue weighted by atomic mass is 10.4. The zero-order chi connectivity index (χ0) is 5.98. The number of thiophene rings is 1. The van der Waals surface area contributed by atoms with Crippen LogP contribution in [0.4, 0.5) is 0 Å². The van der Waals surface area contributed by atoms with Crippen molar-refractivity contribution in [3.8, 4) is 0 Å². The maximum Gasteiger partial charge on any atom is 0.0332 e. The zero-order valence-corrected chi connectivity index (χ0v) is 6.38. The van der Waals surface area contributed by atoms with E-state index in [4.69, 9.17) is 0 Å². The summed E-state index contributed by atoms with van der Waals surface area (Å²) in [6.45, 7) is 2.08. The van der Waals surface area contributed by atoms with E-state index in [1.807, 2.05) is 6.07 Å². The molecule has 2 heteroatoms. The van der Waals surface area contributed by atoms with Crippen molar-refractivity contribution in [1.29, 1.82) is 0 Å². The summed E-state index contributed by atoms with van der Waals surface area (Å²) in [5, 5.41) is 2.47. The highest BCUT2D eigenvalue weighted by atomic mass is 32.1. The smallest absolute Gasteiger partial charge is 0.0332 e. The van der Waals surface area contributed by atoms with Crippen LogP contribution in [-0.2, 0) is 0 Å². The van der Waals surface area contributed by atoms with Gasteiger partial charge in [0, 0.05) is 10.1 Å². The molecule has 0 N–H and O–H groups in total. The highest BCUT2D eigenvalue weighted by molar-refractivity contribution is 7.80. The minimum Gasteiger partial charge on any atom is -0.171 e. The summed E-state index contributed by atoms with van der Waals surface area (Å²) < 4.78 is 0. The van der Waals surface area contributed by atoms with E-state index >= 15 is 0 Å². The molecule has 44 valence electrons. The molecule has 1 heterocycles. The molecule has 0 saturated carbocycles. The fourth-order valence-corrected chi connectivity index (χ4v) is 1.47. The summed E-state index contributed by atoms with van der Waals surface area (Å²) in [6.07, 6.45) is 0. The number of thiol groups is 1. The minimum atomic E-state index is 0.398. The number of hydrogen-bond acceptors (Lipinski definition) is 2. The van der Waals surface area contributed by atoms with Crippen LogP contribution in [0.15, 0.2) is 17.5 Å². The average molecular weight is 144 g/mol. The van der Waals surface area contributed by atoms with Crippen molar-refractivity contribution in [1.82, 2.24) is 0 Å². The lowest BCUT2D eigenvalue weighted by Crippen LogP contribution is -1.72. The zero-order valence-electron chi connectivity index (χ0n) is 4.66. The van der Waals surface area contributed by atoms with Crippen molar-refractivity contribution >= 4 is 24.0 Å². The quantitative estimate of drug-likeness (QED) is 0.576. The molecule has 1 aromatic rings. The van der Waals surface area contributed by atoms with Crippen LogP contribution >= 0.6 is 24.0 Å². The summed E-state index contributed by atoms with van der Waals surface area (Å²) in [6, 6.07) is 4.15. The molecule has 8 heavy (non-hydrogen) atoms. The third kappa shape index (κ3) is 1.26. The van der Waals surface area contributed by atoms with E-state index in [9.17, 15) is 0 Å². The van der Waals surface area contributed by atoms with E-state index in [1.165, 1.54) is 4.88 Å². The summed E-state index contributed by atoms with van der Waals surface area (Å²) in [4.78, 5) is 1.34. The van der Waals surface area contributed by atoms with Gasteiger partial charge in [-0.1, -0.05) is 6.07 Å². The fraction of sp³-hybridized carbons (Fsp3) is 0.333. The Morgan fingerprint density at radius 3 is 2.75 bits per heavy atom. The molecule has 0 nitrogen and oxygen atoms in total. The molecular formula is C6H8S2. The van der Waals surface area contributed by atoms with Crippen molar-refractivity contribution < 1.29 is 0 Å². The molecule has 0 bridgehead atoms. The van der Waals surface area contributed by atoms with E-state index in [0.29, 0.717) is 5.25 Å². The van der Waals surface area contributed by atoms with Gasteiger partial charge in [-0.05, 0) is 18.4 Å². The molecule has 0 aromatic carbocycles. The molecule has 0 aliphatic heterocycles. The van der Waals surface area contributed by atoms with Crippen LogP contribution in [0.2, 0.25) is 0 Å². The first-order valence-electron chi connectivity index (χ1n) is 2.52. The van der Waals surface area contributed by atoms with Crippen LogP contribution < -0.4 is 0 Å². The van der Waals surface area contributed by atoms with Crippen molar-refractivity contribution in [3.05, 3.63) is 22.4 Å². The van der Waals surface area contributed by atoms with Gasteiger partial charge in [-0.25, -0.2) is 0 Å². The van der Waals surface area contributed by atoms with Crippen LogP contribution in [-0.4, -0.2) is 0 Å². The Labute approximate surface area is 59.0 Å². The van der Waals surface area contributed by atoms with Gasteiger partial charge in [0.15, 0.2) is 0 Å². The average Bonchev–Trinajstić information content (AvgIpc) is 2.12. The molecule has 0 radical (unpaired) electrons. The maximum absolute atomic E-state index is 4.26. The summed E-state index contributed by atoms with van der Waals surface area (Å²) in [7, 11) is 0. The lowest BCUT2D eigenvalue weighted by molar-refractivity contribution is 1.15. The van der Waals surface area contributed by atoms with Crippen molar-refractivity contribution in [3.63, 3.8) is 0 Å². The van der Waals surface area contributed by atoms with Gasteiger partial charge < -0.3 is 0 Å². The summed E-state index contributed by atoms with van der Waals surface area (Å²) >= 11 is 6.02. The molecule has 0 amide bonds.